The maximum atomic E-state index is 10.2. The molecule has 1 aromatic carbocycles. The summed E-state index contributed by atoms with van der Waals surface area (Å²) in [5.74, 6) is -0.456. The summed E-state index contributed by atoms with van der Waals surface area (Å²) >= 11 is 3.69. The molecule has 0 aliphatic carbocycles. The second-order valence-electron chi connectivity index (χ2n) is 3.08. The molecule has 0 saturated heterocycles. The number of aliphatic hydroxyl groups is 2. The van der Waals surface area contributed by atoms with Crippen LogP contribution in [0.2, 0.25) is 0 Å². The normalized spacial score (nSPS) is 11.2. The van der Waals surface area contributed by atoms with Crippen LogP contribution < -0.4 is 0 Å². The highest BCUT2D eigenvalue weighted by atomic mass is 32.1. The molecule has 3 N–H and O–H groups in total. The molecule has 5 heteroatoms. The van der Waals surface area contributed by atoms with E-state index in [0.29, 0.717) is 5.75 Å². The molecule has 0 aliphatic heterocycles. The molecule has 0 bridgehead atoms. The number of carboxylic acids is 1. The van der Waals surface area contributed by atoms with Gasteiger partial charge in [0.15, 0.2) is 0 Å². The smallest absolute Gasteiger partial charge is 0.307 e. The fourth-order valence-corrected chi connectivity index (χ4v) is 0.944. The van der Waals surface area contributed by atoms with Gasteiger partial charge in [-0.2, -0.15) is 12.6 Å². The molecule has 90 valence electrons. The van der Waals surface area contributed by atoms with Crippen molar-refractivity contribution in [3.63, 3.8) is 0 Å². The SMILES string of the molecule is O=C(O)Cc1ccccc1.OCC(O)CS. The summed E-state index contributed by atoms with van der Waals surface area (Å²) in [7, 11) is 0. The van der Waals surface area contributed by atoms with E-state index in [1.807, 2.05) is 18.2 Å². The lowest BCUT2D eigenvalue weighted by atomic mass is 10.2. The number of thiol groups is 1. The summed E-state index contributed by atoms with van der Waals surface area (Å²) in [6, 6.07) is 9.13. The predicted octanol–water partition coefficient (Wildman–Crippen LogP) is 0.583. The van der Waals surface area contributed by atoms with Crippen molar-refractivity contribution in [2.24, 2.45) is 0 Å². The van der Waals surface area contributed by atoms with E-state index in [-0.39, 0.29) is 13.0 Å². The lowest BCUT2D eigenvalue weighted by Crippen LogP contribution is -2.12. The molecule has 0 amide bonds. The Labute approximate surface area is 100.0 Å². The number of hydrogen-bond acceptors (Lipinski definition) is 4. The molecule has 1 rings (SSSR count). The number of aliphatic carboxylic acids is 1. The van der Waals surface area contributed by atoms with Gasteiger partial charge in [0.05, 0.1) is 19.1 Å². The van der Waals surface area contributed by atoms with Crippen molar-refractivity contribution in [1.82, 2.24) is 0 Å². The minimum atomic E-state index is -0.786. The van der Waals surface area contributed by atoms with Crippen molar-refractivity contribution >= 4 is 18.6 Å². The topological polar surface area (TPSA) is 77.8 Å². The van der Waals surface area contributed by atoms with Crippen LogP contribution in [0.25, 0.3) is 0 Å². The molecule has 0 heterocycles. The van der Waals surface area contributed by atoms with Gasteiger partial charge in [-0.1, -0.05) is 30.3 Å². The van der Waals surface area contributed by atoms with E-state index in [2.05, 4.69) is 12.6 Å². The van der Waals surface area contributed by atoms with E-state index in [1.54, 1.807) is 12.1 Å². The number of rotatable bonds is 4. The maximum absolute atomic E-state index is 10.2. The molecule has 0 saturated carbocycles. The first-order valence-electron chi connectivity index (χ1n) is 4.75. The van der Waals surface area contributed by atoms with Crippen LogP contribution in [-0.4, -0.2) is 39.8 Å². The van der Waals surface area contributed by atoms with Gasteiger partial charge in [-0.15, -0.1) is 0 Å². The van der Waals surface area contributed by atoms with Gasteiger partial charge in [0.1, 0.15) is 0 Å². The molecular weight excluding hydrogens is 228 g/mol. The second kappa shape index (κ2) is 9.21. The first kappa shape index (κ1) is 15.0. The zero-order chi connectivity index (χ0) is 12.4. The fraction of sp³-hybridized carbons (Fsp3) is 0.364. The van der Waals surface area contributed by atoms with Crippen LogP contribution in [0.1, 0.15) is 5.56 Å². The molecule has 1 unspecified atom stereocenters. The van der Waals surface area contributed by atoms with Crippen LogP contribution in [0.3, 0.4) is 0 Å². The Morgan fingerprint density at radius 2 is 1.88 bits per heavy atom. The summed E-state index contributed by atoms with van der Waals surface area (Å²) in [5, 5.41) is 24.7. The van der Waals surface area contributed by atoms with Crippen molar-refractivity contribution in [2.75, 3.05) is 12.4 Å². The van der Waals surface area contributed by atoms with Gasteiger partial charge in [0, 0.05) is 5.75 Å². The van der Waals surface area contributed by atoms with E-state index in [0.717, 1.165) is 5.56 Å². The number of carboxylic acid groups (broad SMARTS) is 1. The van der Waals surface area contributed by atoms with Crippen LogP contribution in [-0.2, 0) is 11.2 Å². The van der Waals surface area contributed by atoms with Crippen molar-refractivity contribution in [2.45, 2.75) is 12.5 Å². The van der Waals surface area contributed by atoms with Gasteiger partial charge in [-0.3, -0.25) is 4.79 Å². The van der Waals surface area contributed by atoms with Crippen molar-refractivity contribution in [3.05, 3.63) is 35.9 Å². The molecule has 0 aliphatic rings. The van der Waals surface area contributed by atoms with E-state index >= 15 is 0 Å². The summed E-state index contributed by atoms with van der Waals surface area (Å²) in [4.78, 5) is 10.2. The molecule has 0 radical (unpaired) electrons. The Kier molecular flexibility index (Phi) is 8.61. The molecule has 1 aromatic rings. The quantitative estimate of drug-likeness (QED) is 0.584. The first-order valence-corrected chi connectivity index (χ1v) is 5.39. The minimum Gasteiger partial charge on any atom is -0.481 e. The third kappa shape index (κ3) is 8.28. The van der Waals surface area contributed by atoms with Crippen LogP contribution in [0.5, 0.6) is 0 Å². The molecule has 16 heavy (non-hydrogen) atoms. The second-order valence-corrected chi connectivity index (χ2v) is 3.44. The first-order chi connectivity index (χ1) is 7.60. The number of hydrogen-bond donors (Lipinski definition) is 4. The fourth-order valence-electron chi connectivity index (χ4n) is 0.828. The van der Waals surface area contributed by atoms with Gasteiger partial charge in [0.25, 0.3) is 0 Å². The van der Waals surface area contributed by atoms with Gasteiger partial charge in [-0.05, 0) is 5.56 Å². The van der Waals surface area contributed by atoms with Crippen LogP contribution in [0.4, 0.5) is 0 Å². The highest BCUT2D eigenvalue weighted by molar-refractivity contribution is 7.80. The predicted molar refractivity (Wildman–Crippen MR) is 64.7 cm³/mol. The average molecular weight is 244 g/mol. The largest absolute Gasteiger partial charge is 0.481 e. The Morgan fingerprint density at radius 3 is 2.19 bits per heavy atom. The van der Waals surface area contributed by atoms with Crippen molar-refractivity contribution < 1.29 is 20.1 Å². The molecule has 0 spiro atoms. The lowest BCUT2D eigenvalue weighted by molar-refractivity contribution is -0.136. The van der Waals surface area contributed by atoms with Crippen LogP contribution in [0, 0.1) is 0 Å². The molecule has 0 aromatic heterocycles. The van der Waals surface area contributed by atoms with Gasteiger partial charge in [0.2, 0.25) is 0 Å². The number of benzene rings is 1. The molecule has 4 nitrogen and oxygen atoms in total. The summed E-state index contributed by atoms with van der Waals surface area (Å²) in [5.41, 5.74) is 0.843. The van der Waals surface area contributed by atoms with Crippen molar-refractivity contribution in [3.8, 4) is 0 Å². The molecular formula is C11H16O4S. The van der Waals surface area contributed by atoms with E-state index < -0.39 is 12.1 Å². The Hall–Kier alpha value is -1.04. The third-order valence-electron chi connectivity index (χ3n) is 1.62. The highest BCUT2D eigenvalue weighted by Gasteiger charge is 1.96. The van der Waals surface area contributed by atoms with Gasteiger partial charge < -0.3 is 15.3 Å². The minimum absolute atomic E-state index is 0.112. The number of aliphatic hydroxyl groups excluding tert-OH is 2. The monoisotopic (exact) mass is 244 g/mol. The zero-order valence-corrected chi connectivity index (χ0v) is 9.68. The van der Waals surface area contributed by atoms with Crippen molar-refractivity contribution in [1.29, 1.82) is 0 Å². The lowest BCUT2D eigenvalue weighted by Gasteiger charge is -1.96. The summed E-state index contributed by atoms with van der Waals surface area (Å²) < 4.78 is 0. The standard InChI is InChI=1S/C8H8O2.C3H8O2S/c9-8(10)6-7-4-2-1-3-5-7;4-1-3(5)2-6/h1-5H,6H2,(H,9,10);3-6H,1-2H2. The molecule has 1 atom stereocenters. The molecule has 0 fully saturated rings. The maximum Gasteiger partial charge on any atom is 0.307 e. The average Bonchev–Trinajstić information content (AvgIpc) is 2.29. The van der Waals surface area contributed by atoms with Gasteiger partial charge >= 0.3 is 5.97 Å². The highest BCUT2D eigenvalue weighted by Crippen LogP contribution is 1.98. The van der Waals surface area contributed by atoms with E-state index in [9.17, 15) is 4.79 Å². The summed E-state index contributed by atoms with van der Waals surface area (Å²) in [6.07, 6.45) is -0.533. The summed E-state index contributed by atoms with van der Waals surface area (Å²) in [6.45, 7) is -0.191. The Morgan fingerprint density at radius 1 is 1.31 bits per heavy atom. The Bertz CT molecular complexity index is 285. The van der Waals surface area contributed by atoms with E-state index in [4.69, 9.17) is 15.3 Å². The van der Waals surface area contributed by atoms with Crippen LogP contribution in [0.15, 0.2) is 30.3 Å². The van der Waals surface area contributed by atoms with Gasteiger partial charge in [-0.25, -0.2) is 0 Å². The third-order valence-corrected chi connectivity index (χ3v) is 2.04. The van der Waals surface area contributed by atoms with Crippen LogP contribution >= 0.6 is 12.6 Å². The van der Waals surface area contributed by atoms with E-state index in [1.165, 1.54) is 0 Å². The zero-order valence-electron chi connectivity index (χ0n) is 8.78. The Balaban J connectivity index is 0.000000325. The number of carbonyl (C=O) groups is 1.